The van der Waals surface area contributed by atoms with Crippen LogP contribution in [0.1, 0.15) is 322 Å². The minimum Gasteiger partial charge on any atom is -0.394 e. The van der Waals surface area contributed by atoms with Crippen molar-refractivity contribution in [3.8, 4) is 0 Å². The molecular weight excluding hydrogens is 1310 g/mol. The molecule has 600 valence electrons. The van der Waals surface area contributed by atoms with Crippen LogP contribution in [0.15, 0.2) is 72.9 Å². The highest BCUT2D eigenvalue weighted by Gasteiger charge is 2.54. The molecule has 19 nitrogen and oxygen atoms in total. The fourth-order valence-electron chi connectivity index (χ4n) is 13.8. The van der Waals surface area contributed by atoms with Crippen molar-refractivity contribution in [1.29, 1.82) is 0 Å². The summed E-state index contributed by atoms with van der Waals surface area (Å²) in [5, 5.41) is 121. The van der Waals surface area contributed by atoms with Crippen LogP contribution < -0.4 is 5.32 Å². The maximum absolute atomic E-state index is 13.5. The topological polar surface area (TPSA) is 307 Å². The molecule has 0 bridgehead atoms. The zero-order valence-corrected chi connectivity index (χ0v) is 64.3. The minimum absolute atomic E-state index is 0.234. The van der Waals surface area contributed by atoms with Crippen LogP contribution in [0, 0.1) is 0 Å². The summed E-state index contributed by atoms with van der Waals surface area (Å²) in [6.07, 6.45) is 57.5. The van der Waals surface area contributed by atoms with Gasteiger partial charge in [0.05, 0.1) is 38.6 Å². The van der Waals surface area contributed by atoms with Crippen molar-refractivity contribution in [2.75, 3.05) is 26.4 Å². The molecule has 3 heterocycles. The molecule has 3 aliphatic rings. The van der Waals surface area contributed by atoms with E-state index in [9.17, 15) is 61.0 Å². The number of rotatable bonds is 66. The second-order valence-electron chi connectivity index (χ2n) is 29.6. The Bertz CT molecular complexity index is 2140. The van der Waals surface area contributed by atoms with Crippen molar-refractivity contribution in [2.24, 2.45) is 0 Å². The molecule has 0 aromatic rings. The van der Waals surface area contributed by atoms with E-state index in [-0.39, 0.29) is 18.9 Å². The van der Waals surface area contributed by atoms with E-state index in [4.69, 9.17) is 28.4 Å². The first kappa shape index (κ1) is 94.4. The number of hydrogen-bond acceptors (Lipinski definition) is 18. The van der Waals surface area contributed by atoms with E-state index in [2.05, 4.69) is 79.9 Å². The summed E-state index contributed by atoms with van der Waals surface area (Å²) >= 11 is 0. The molecule has 0 radical (unpaired) electrons. The average Bonchev–Trinajstić information content (AvgIpc) is 0.781. The van der Waals surface area contributed by atoms with Crippen LogP contribution >= 0.6 is 0 Å². The van der Waals surface area contributed by atoms with Crippen LogP contribution in [-0.4, -0.2) is 193 Å². The molecule has 1 amide bonds. The zero-order valence-electron chi connectivity index (χ0n) is 64.3. The summed E-state index contributed by atoms with van der Waals surface area (Å²) in [6, 6.07) is -0.995. The molecule has 0 aliphatic carbocycles. The van der Waals surface area contributed by atoms with Crippen molar-refractivity contribution >= 4 is 5.91 Å². The van der Waals surface area contributed by atoms with Crippen molar-refractivity contribution in [3.05, 3.63) is 72.9 Å². The minimum atomic E-state index is -1.98. The SMILES string of the molecule is CC/C=C\C/C=C\C/C=C\C/C=C\CCCCCCCCCCCCCCCCCCC(=O)NC(COC1OC(CO)C(OC2OC(CO)C(OC3OC(CO)C(O)C(O)C3O)C(O)C2O)C(O)C1O)C(O)/C=C/CC/C=C/CCCCCCCCCCCCCCCCCCCCCCCCC. The van der Waals surface area contributed by atoms with Crippen molar-refractivity contribution in [2.45, 2.75) is 426 Å². The van der Waals surface area contributed by atoms with Gasteiger partial charge in [0.1, 0.15) is 73.2 Å². The summed E-state index contributed by atoms with van der Waals surface area (Å²) in [6.45, 7) is 1.65. The fraction of sp³-hybridized carbons (Fsp3) is 0.845. The molecule has 103 heavy (non-hydrogen) atoms. The highest BCUT2D eigenvalue weighted by molar-refractivity contribution is 5.76. The zero-order chi connectivity index (χ0) is 74.6. The Balaban J connectivity index is 1.37. The first-order chi connectivity index (χ1) is 50.3. The number of carbonyl (C=O) groups is 1. The quantitative estimate of drug-likeness (QED) is 0.0199. The summed E-state index contributed by atoms with van der Waals surface area (Å²) < 4.78 is 34.5. The molecular formula is C84H151NO18. The number of allylic oxidation sites excluding steroid dienone is 11. The number of hydrogen-bond donors (Lipinski definition) is 12. The molecule has 19 heteroatoms. The summed E-state index contributed by atoms with van der Waals surface area (Å²) in [4.78, 5) is 13.5. The van der Waals surface area contributed by atoms with E-state index in [1.54, 1.807) is 6.08 Å². The lowest BCUT2D eigenvalue weighted by Gasteiger charge is -2.48. The number of amides is 1. The van der Waals surface area contributed by atoms with Gasteiger partial charge in [0, 0.05) is 6.42 Å². The monoisotopic (exact) mass is 1460 g/mol. The van der Waals surface area contributed by atoms with Crippen LogP contribution in [0.4, 0.5) is 0 Å². The lowest BCUT2D eigenvalue weighted by atomic mass is 9.96. The van der Waals surface area contributed by atoms with E-state index < -0.39 is 124 Å². The Hall–Kier alpha value is -2.77. The average molecular weight is 1460 g/mol. The Labute approximate surface area is 623 Å². The van der Waals surface area contributed by atoms with Crippen LogP contribution in [0.2, 0.25) is 0 Å². The smallest absolute Gasteiger partial charge is 0.220 e. The van der Waals surface area contributed by atoms with Gasteiger partial charge < -0.3 is 89.9 Å². The lowest BCUT2D eigenvalue weighted by Crippen LogP contribution is -2.66. The molecule has 3 saturated heterocycles. The van der Waals surface area contributed by atoms with Gasteiger partial charge in [0.25, 0.3) is 0 Å². The van der Waals surface area contributed by atoms with E-state index >= 15 is 0 Å². The summed E-state index contributed by atoms with van der Waals surface area (Å²) in [7, 11) is 0. The van der Waals surface area contributed by atoms with Gasteiger partial charge in [-0.15, -0.1) is 0 Å². The van der Waals surface area contributed by atoms with Crippen LogP contribution in [0.5, 0.6) is 0 Å². The van der Waals surface area contributed by atoms with Gasteiger partial charge in [-0.25, -0.2) is 0 Å². The van der Waals surface area contributed by atoms with Gasteiger partial charge in [-0.2, -0.15) is 0 Å². The van der Waals surface area contributed by atoms with Gasteiger partial charge in [0.15, 0.2) is 18.9 Å². The molecule has 0 spiro atoms. The fourth-order valence-corrected chi connectivity index (χ4v) is 13.8. The number of ether oxygens (including phenoxy) is 6. The summed E-state index contributed by atoms with van der Waals surface area (Å²) in [5.74, 6) is -0.283. The molecule has 17 atom stereocenters. The third-order valence-electron chi connectivity index (χ3n) is 20.5. The van der Waals surface area contributed by atoms with Gasteiger partial charge >= 0.3 is 0 Å². The van der Waals surface area contributed by atoms with Crippen LogP contribution in [0.3, 0.4) is 0 Å². The largest absolute Gasteiger partial charge is 0.394 e. The third kappa shape index (κ3) is 43.9. The van der Waals surface area contributed by atoms with Gasteiger partial charge in [0.2, 0.25) is 5.91 Å². The van der Waals surface area contributed by atoms with E-state index in [0.29, 0.717) is 12.8 Å². The predicted molar refractivity (Wildman–Crippen MR) is 411 cm³/mol. The third-order valence-corrected chi connectivity index (χ3v) is 20.5. The summed E-state index contributed by atoms with van der Waals surface area (Å²) in [5.41, 5.74) is 0. The molecule has 3 aliphatic heterocycles. The molecule has 3 fully saturated rings. The van der Waals surface area contributed by atoms with Gasteiger partial charge in [-0.1, -0.05) is 318 Å². The molecule has 17 unspecified atom stereocenters. The van der Waals surface area contributed by atoms with Crippen molar-refractivity contribution < 1.29 is 89.4 Å². The standard InChI is InChI=1S/C84H151NO18/c1-3-5-7-9-11-13-15-17-19-21-23-25-27-29-31-33-35-37-39-41-43-45-47-49-51-53-55-57-59-61-68(89)67(85-72(90)62-60-58-56-54-52-50-48-46-44-42-40-38-36-34-32-30-28-26-24-22-20-18-16-14-12-10-8-6-4-2)66-98-82-78(96)75(93)80(70(64-87)100-82)103-84-79(97)76(94)81(71(65-88)101-84)102-83-77(95)74(92)73(91)69(63-86)99-83/h6,8,12,14,18,20,24,26,51,53,59,61,67-71,73-84,86-89,91-97H,3-5,7,9-11,13,15-17,19,21-23,25,27-50,52,54-58,60,62-66H2,1-2H3,(H,85,90)/b8-6-,14-12-,20-18-,26-24-,53-51+,61-59+. The van der Waals surface area contributed by atoms with Crippen molar-refractivity contribution in [3.63, 3.8) is 0 Å². The van der Waals surface area contributed by atoms with Gasteiger partial charge in [-0.05, 0) is 70.6 Å². The first-order valence-corrected chi connectivity index (χ1v) is 41.7. The Morgan fingerprint density at radius 3 is 1.09 bits per heavy atom. The predicted octanol–water partition coefficient (Wildman–Crippen LogP) is 14.4. The Morgan fingerprint density at radius 1 is 0.359 bits per heavy atom. The maximum atomic E-state index is 13.5. The number of unbranched alkanes of at least 4 members (excludes halogenated alkanes) is 40. The van der Waals surface area contributed by atoms with Crippen molar-refractivity contribution in [1.82, 2.24) is 5.32 Å². The Kier molecular flexibility index (Phi) is 58.8. The Morgan fingerprint density at radius 2 is 0.680 bits per heavy atom. The number of nitrogens with one attached hydrogen (secondary N) is 1. The van der Waals surface area contributed by atoms with Crippen LogP contribution in [-0.2, 0) is 33.2 Å². The maximum Gasteiger partial charge on any atom is 0.220 e. The second-order valence-corrected chi connectivity index (χ2v) is 29.6. The first-order valence-electron chi connectivity index (χ1n) is 41.7. The number of aliphatic hydroxyl groups is 11. The molecule has 0 saturated carbocycles. The molecule has 0 aromatic carbocycles. The molecule has 12 N–H and O–H groups in total. The van der Waals surface area contributed by atoms with E-state index in [1.807, 2.05) is 6.08 Å². The molecule has 3 rings (SSSR count). The highest BCUT2D eigenvalue weighted by Crippen LogP contribution is 2.33. The van der Waals surface area contributed by atoms with Crippen LogP contribution in [0.25, 0.3) is 0 Å². The normalized spacial score (nSPS) is 26.4. The van der Waals surface area contributed by atoms with E-state index in [0.717, 1.165) is 64.2 Å². The number of aliphatic hydroxyl groups excluding tert-OH is 11. The van der Waals surface area contributed by atoms with E-state index in [1.165, 1.54) is 225 Å². The van der Waals surface area contributed by atoms with Gasteiger partial charge in [-0.3, -0.25) is 4.79 Å². The number of carbonyl (C=O) groups excluding carboxylic acids is 1. The lowest BCUT2D eigenvalue weighted by molar-refractivity contribution is -0.379. The molecule has 0 aromatic heterocycles. The highest BCUT2D eigenvalue weighted by atomic mass is 16.8. The second kappa shape index (κ2) is 64.1.